The molecule has 0 spiro atoms. The van der Waals surface area contributed by atoms with E-state index in [2.05, 4.69) is 13.2 Å². The number of benzene rings is 1. The van der Waals surface area contributed by atoms with Crippen LogP contribution in [0.5, 0.6) is 5.75 Å². The molecule has 0 bridgehead atoms. The van der Waals surface area contributed by atoms with Gasteiger partial charge in [-0.3, -0.25) is 0 Å². The first-order valence-corrected chi connectivity index (χ1v) is 4.21. The average molecular weight is 174 g/mol. The second-order valence-electron chi connectivity index (χ2n) is 2.82. The van der Waals surface area contributed by atoms with E-state index >= 15 is 0 Å². The third-order valence-corrected chi connectivity index (χ3v) is 1.89. The summed E-state index contributed by atoms with van der Waals surface area (Å²) in [6, 6.07) is 7.88. The van der Waals surface area contributed by atoms with Crippen LogP contribution in [-0.4, -0.2) is 7.11 Å². The first-order chi connectivity index (χ1) is 6.27. The summed E-state index contributed by atoms with van der Waals surface area (Å²) >= 11 is 0. The van der Waals surface area contributed by atoms with E-state index in [9.17, 15) is 0 Å². The Morgan fingerprint density at radius 3 is 2.46 bits per heavy atom. The van der Waals surface area contributed by atoms with Crippen LogP contribution in [0.2, 0.25) is 0 Å². The SMILES string of the molecule is C=CCC(=C)c1ccc(OC)cc1. The van der Waals surface area contributed by atoms with Crippen LogP contribution < -0.4 is 4.74 Å². The summed E-state index contributed by atoms with van der Waals surface area (Å²) < 4.78 is 5.06. The maximum atomic E-state index is 5.06. The van der Waals surface area contributed by atoms with Crippen molar-refractivity contribution < 1.29 is 4.74 Å². The van der Waals surface area contributed by atoms with Crippen molar-refractivity contribution in [1.82, 2.24) is 0 Å². The molecule has 1 aromatic rings. The number of allylic oxidation sites excluding steroid dienone is 2. The maximum absolute atomic E-state index is 5.06. The van der Waals surface area contributed by atoms with Gasteiger partial charge in [0.1, 0.15) is 5.75 Å². The Morgan fingerprint density at radius 1 is 1.38 bits per heavy atom. The quantitative estimate of drug-likeness (QED) is 0.636. The van der Waals surface area contributed by atoms with Crippen molar-refractivity contribution in [3.05, 3.63) is 49.1 Å². The van der Waals surface area contributed by atoms with Crippen LogP contribution in [0.3, 0.4) is 0 Å². The highest BCUT2D eigenvalue weighted by atomic mass is 16.5. The Labute approximate surface area is 79.4 Å². The minimum Gasteiger partial charge on any atom is -0.497 e. The highest BCUT2D eigenvalue weighted by Gasteiger charge is 1.96. The lowest BCUT2D eigenvalue weighted by Crippen LogP contribution is -1.84. The van der Waals surface area contributed by atoms with Gasteiger partial charge < -0.3 is 4.74 Å². The van der Waals surface area contributed by atoms with Crippen LogP contribution in [0.1, 0.15) is 12.0 Å². The molecule has 0 saturated heterocycles. The summed E-state index contributed by atoms with van der Waals surface area (Å²) in [6.07, 6.45) is 2.68. The highest BCUT2D eigenvalue weighted by molar-refractivity contribution is 5.64. The van der Waals surface area contributed by atoms with Gasteiger partial charge in [-0.15, -0.1) is 6.58 Å². The zero-order valence-electron chi connectivity index (χ0n) is 7.92. The summed E-state index contributed by atoms with van der Waals surface area (Å²) in [6.45, 7) is 7.63. The van der Waals surface area contributed by atoms with Crippen LogP contribution >= 0.6 is 0 Å². The lowest BCUT2D eigenvalue weighted by atomic mass is 10.0. The molecule has 0 fully saturated rings. The fourth-order valence-corrected chi connectivity index (χ4v) is 1.12. The van der Waals surface area contributed by atoms with Gasteiger partial charge in [0.2, 0.25) is 0 Å². The van der Waals surface area contributed by atoms with Gasteiger partial charge in [0.05, 0.1) is 7.11 Å². The van der Waals surface area contributed by atoms with Gasteiger partial charge in [-0.25, -0.2) is 0 Å². The average Bonchev–Trinajstić information content (AvgIpc) is 2.18. The lowest BCUT2D eigenvalue weighted by Gasteiger charge is -2.04. The fourth-order valence-electron chi connectivity index (χ4n) is 1.12. The molecule has 0 saturated carbocycles. The first-order valence-electron chi connectivity index (χ1n) is 4.21. The van der Waals surface area contributed by atoms with Crippen LogP contribution in [0, 0.1) is 0 Å². The van der Waals surface area contributed by atoms with E-state index in [1.54, 1.807) is 7.11 Å². The Kier molecular flexibility index (Phi) is 3.32. The molecule has 13 heavy (non-hydrogen) atoms. The monoisotopic (exact) mass is 174 g/mol. The van der Waals surface area contributed by atoms with Crippen molar-refractivity contribution in [2.45, 2.75) is 6.42 Å². The molecule has 0 aliphatic carbocycles. The number of hydrogen-bond acceptors (Lipinski definition) is 1. The van der Waals surface area contributed by atoms with Crippen LogP contribution in [0.4, 0.5) is 0 Å². The number of hydrogen-bond donors (Lipinski definition) is 0. The van der Waals surface area contributed by atoms with Gasteiger partial charge in [-0.2, -0.15) is 0 Å². The Balaban J connectivity index is 2.79. The van der Waals surface area contributed by atoms with E-state index < -0.39 is 0 Å². The van der Waals surface area contributed by atoms with E-state index in [-0.39, 0.29) is 0 Å². The molecule has 0 aliphatic heterocycles. The van der Waals surface area contributed by atoms with Crippen molar-refractivity contribution in [2.24, 2.45) is 0 Å². The lowest BCUT2D eigenvalue weighted by molar-refractivity contribution is 0.415. The molecule has 0 aliphatic rings. The van der Waals surface area contributed by atoms with Gasteiger partial charge >= 0.3 is 0 Å². The van der Waals surface area contributed by atoms with E-state index in [0.29, 0.717) is 0 Å². The number of ether oxygens (including phenoxy) is 1. The van der Waals surface area contributed by atoms with Gasteiger partial charge in [0.25, 0.3) is 0 Å². The standard InChI is InChI=1S/C12H14O/c1-4-5-10(2)11-6-8-12(13-3)9-7-11/h4,6-9H,1-2,5H2,3H3. The minimum atomic E-state index is 0.826. The van der Waals surface area contributed by atoms with Crippen molar-refractivity contribution in [3.63, 3.8) is 0 Å². The van der Waals surface area contributed by atoms with Crippen LogP contribution in [-0.2, 0) is 0 Å². The Hall–Kier alpha value is -1.50. The fraction of sp³-hybridized carbons (Fsp3) is 0.167. The normalized spacial score (nSPS) is 9.31. The van der Waals surface area contributed by atoms with E-state index in [0.717, 1.165) is 23.3 Å². The van der Waals surface area contributed by atoms with Gasteiger partial charge in [0.15, 0.2) is 0 Å². The molecule has 1 aromatic carbocycles. The largest absolute Gasteiger partial charge is 0.497 e. The van der Waals surface area contributed by atoms with Crippen molar-refractivity contribution in [3.8, 4) is 5.75 Å². The molecule has 0 N–H and O–H groups in total. The van der Waals surface area contributed by atoms with Gasteiger partial charge in [-0.05, 0) is 29.7 Å². The molecule has 68 valence electrons. The molecule has 1 rings (SSSR count). The number of rotatable bonds is 4. The Bertz CT molecular complexity index is 295. The molecule has 0 aromatic heterocycles. The smallest absolute Gasteiger partial charge is 0.118 e. The summed E-state index contributed by atoms with van der Waals surface area (Å²) in [4.78, 5) is 0. The third-order valence-electron chi connectivity index (χ3n) is 1.89. The zero-order chi connectivity index (χ0) is 9.68. The third kappa shape index (κ3) is 2.48. The van der Waals surface area contributed by atoms with E-state index in [1.807, 2.05) is 30.3 Å². The van der Waals surface area contributed by atoms with Crippen molar-refractivity contribution >= 4 is 5.57 Å². The minimum absolute atomic E-state index is 0.826. The van der Waals surface area contributed by atoms with Gasteiger partial charge in [0, 0.05) is 0 Å². The summed E-state index contributed by atoms with van der Waals surface area (Å²) in [5, 5.41) is 0. The zero-order valence-corrected chi connectivity index (χ0v) is 7.92. The molecular weight excluding hydrogens is 160 g/mol. The molecule has 1 heteroatoms. The van der Waals surface area contributed by atoms with Crippen molar-refractivity contribution in [1.29, 1.82) is 0 Å². The maximum Gasteiger partial charge on any atom is 0.118 e. The predicted molar refractivity (Wildman–Crippen MR) is 56.8 cm³/mol. The van der Waals surface area contributed by atoms with Gasteiger partial charge in [-0.1, -0.05) is 24.8 Å². The summed E-state index contributed by atoms with van der Waals surface area (Å²) in [5.74, 6) is 0.871. The molecule has 0 unspecified atom stereocenters. The topological polar surface area (TPSA) is 9.23 Å². The molecule has 0 heterocycles. The Morgan fingerprint density at radius 2 is 2.00 bits per heavy atom. The van der Waals surface area contributed by atoms with Crippen LogP contribution in [0.15, 0.2) is 43.5 Å². The second kappa shape index (κ2) is 4.51. The molecule has 1 nitrogen and oxygen atoms in total. The van der Waals surface area contributed by atoms with E-state index in [1.165, 1.54) is 0 Å². The first kappa shape index (κ1) is 9.59. The molecular formula is C12H14O. The highest BCUT2D eigenvalue weighted by Crippen LogP contribution is 2.19. The second-order valence-corrected chi connectivity index (χ2v) is 2.82. The molecule has 0 atom stereocenters. The van der Waals surface area contributed by atoms with Crippen molar-refractivity contribution in [2.75, 3.05) is 7.11 Å². The predicted octanol–water partition coefficient (Wildman–Crippen LogP) is 3.28. The van der Waals surface area contributed by atoms with E-state index in [4.69, 9.17) is 4.74 Å². The summed E-state index contributed by atoms with van der Waals surface area (Å²) in [7, 11) is 1.66. The number of methoxy groups -OCH3 is 1. The molecule has 0 amide bonds. The van der Waals surface area contributed by atoms with Crippen LogP contribution in [0.25, 0.3) is 5.57 Å². The summed E-state index contributed by atoms with van der Waals surface area (Å²) in [5.41, 5.74) is 2.22. The molecule has 0 radical (unpaired) electrons.